The number of anilines is 2. The fraction of sp³-hybridized carbons (Fsp3) is 0.275. The number of nitrogens with zero attached hydrogens (tertiary/aromatic N) is 4. The van der Waals surface area contributed by atoms with Crippen molar-refractivity contribution in [1.29, 1.82) is 0 Å². The number of rotatable bonds is 7. The Morgan fingerprint density at radius 3 is 1.82 bits per heavy atom. The Labute approximate surface area is 332 Å². The van der Waals surface area contributed by atoms with Gasteiger partial charge in [-0.3, -0.25) is 4.57 Å². The molecule has 0 spiro atoms. The first-order chi connectivity index (χ1) is 26.6. The van der Waals surface area contributed by atoms with Gasteiger partial charge in [0.15, 0.2) is 0 Å². The van der Waals surface area contributed by atoms with Gasteiger partial charge in [-0.25, -0.2) is 4.98 Å². The maximum atomic E-state index is 6.72. The van der Waals surface area contributed by atoms with Gasteiger partial charge in [-0.1, -0.05) is 110 Å². The van der Waals surface area contributed by atoms with Gasteiger partial charge in [0.2, 0.25) is 0 Å². The highest BCUT2D eigenvalue weighted by Gasteiger charge is 2.28. The maximum Gasteiger partial charge on any atom is 0.137 e. The summed E-state index contributed by atoms with van der Waals surface area (Å²) in [4.78, 5) is 9.72. The highest BCUT2D eigenvalue weighted by Crippen LogP contribution is 2.41. The molecule has 0 radical (unpaired) electrons. The van der Waals surface area contributed by atoms with E-state index in [2.05, 4.69) is 205 Å². The van der Waals surface area contributed by atoms with Crippen molar-refractivity contribution in [2.24, 2.45) is 0 Å². The minimum atomic E-state index is -0.169. The van der Waals surface area contributed by atoms with E-state index in [0.29, 0.717) is 0 Å². The third-order valence-electron chi connectivity index (χ3n) is 11.8. The normalized spacial score (nSPS) is 14.0. The summed E-state index contributed by atoms with van der Waals surface area (Å²) < 4.78 is 9.02. The van der Waals surface area contributed by atoms with E-state index >= 15 is 0 Å². The van der Waals surface area contributed by atoms with Crippen LogP contribution in [0.1, 0.15) is 91.5 Å². The number of benzene rings is 5. The van der Waals surface area contributed by atoms with Crippen LogP contribution >= 0.6 is 0 Å². The largest absolute Gasteiger partial charge is 0.457 e. The van der Waals surface area contributed by atoms with Crippen LogP contribution < -0.4 is 14.5 Å². The highest BCUT2D eigenvalue weighted by molar-refractivity contribution is 6.09. The lowest BCUT2D eigenvalue weighted by Gasteiger charge is -2.26. The van der Waals surface area contributed by atoms with Crippen molar-refractivity contribution >= 4 is 33.2 Å². The molecule has 0 fully saturated rings. The van der Waals surface area contributed by atoms with Gasteiger partial charge in [0.05, 0.1) is 17.7 Å². The molecule has 0 atom stereocenters. The summed E-state index contributed by atoms with van der Waals surface area (Å²) in [6.07, 6.45) is 1.94. The number of pyridine rings is 1. The molecule has 56 heavy (non-hydrogen) atoms. The molecular formula is C51H54N4O. The van der Waals surface area contributed by atoms with Crippen LogP contribution in [-0.2, 0) is 16.2 Å². The summed E-state index contributed by atoms with van der Waals surface area (Å²) in [5.41, 5.74) is 12.0. The van der Waals surface area contributed by atoms with Gasteiger partial charge in [-0.2, -0.15) is 0 Å². The molecule has 284 valence electrons. The average Bonchev–Trinajstić information content (AvgIpc) is 3.67. The minimum Gasteiger partial charge on any atom is -0.457 e. The average molecular weight is 739 g/mol. The summed E-state index contributed by atoms with van der Waals surface area (Å²) in [6, 6.07) is 45.9. The van der Waals surface area contributed by atoms with Gasteiger partial charge in [0, 0.05) is 57.3 Å². The number of fused-ring (bicyclic) bond motifs is 3. The molecule has 1 aliphatic rings. The van der Waals surface area contributed by atoms with Crippen molar-refractivity contribution in [1.82, 2.24) is 9.55 Å². The quantitative estimate of drug-likeness (QED) is 0.163. The van der Waals surface area contributed by atoms with Crippen molar-refractivity contribution in [3.05, 3.63) is 167 Å². The van der Waals surface area contributed by atoms with Crippen molar-refractivity contribution in [3.8, 4) is 17.3 Å². The molecule has 8 rings (SSSR count). The van der Waals surface area contributed by atoms with E-state index in [1.807, 2.05) is 12.3 Å². The maximum absolute atomic E-state index is 6.72. The molecule has 5 nitrogen and oxygen atoms in total. The van der Waals surface area contributed by atoms with Crippen molar-refractivity contribution < 1.29 is 4.74 Å². The molecule has 5 aromatic carbocycles. The number of ether oxygens (including phenoxy) is 1. The topological polar surface area (TPSA) is 33.5 Å². The van der Waals surface area contributed by atoms with Crippen LogP contribution in [0.4, 0.5) is 11.4 Å². The van der Waals surface area contributed by atoms with Crippen molar-refractivity contribution in [2.45, 2.75) is 85.5 Å². The van der Waals surface area contributed by atoms with Crippen molar-refractivity contribution in [2.75, 3.05) is 16.5 Å². The number of hydrogen-bond acceptors (Lipinski definition) is 4. The fourth-order valence-corrected chi connectivity index (χ4v) is 8.01. The molecule has 1 aliphatic heterocycles. The van der Waals surface area contributed by atoms with Crippen LogP contribution in [-0.4, -0.2) is 16.2 Å². The molecule has 0 bridgehead atoms. The Morgan fingerprint density at radius 2 is 1.12 bits per heavy atom. The number of hydrogen-bond donors (Lipinski definition) is 0. The zero-order valence-corrected chi connectivity index (χ0v) is 34.6. The molecule has 7 aromatic rings. The lowest BCUT2D eigenvalue weighted by Crippen LogP contribution is -2.27. The molecule has 0 aliphatic carbocycles. The van der Waals surface area contributed by atoms with E-state index < -0.39 is 0 Å². The van der Waals surface area contributed by atoms with E-state index in [9.17, 15) is 0 Å². The number of aromatic nitrogens is 2. The van der Waals surface area contributed by atoms with Gasteiger partial charge in [0.1, 0.15) is 17.3 Å². The van der Waals surface area contributed by atoms with E-state index in [1.165, 1.54) is 50.1 Å². The first-order valence-corrected chi connectivity index (χ1v) is 19.8. The van der Waals surface area contributed by atoms with E-state index in [-0.39, 0.29) is 16.2 Å². The standard InChI is InChI=1S/C51H54N4O/c1-34-35(2)54(33-53(34)40-19-14-18-37(28-40)49(3,4)5)41-20-15-21-42(31-41)56-43-23-24-44-45-29-39(51(9,10)36-16-12-11-13-17-36)22-25-46(45)55(47(44)32-43)48-30-38(26-27-52-48)50(6,7)8/h11-32H,33H2,1-10H3. The first kappa shape index (κ1) is 37.1. The summed E-state index contributed by atoms with van der Waals surface area (Å²) >= 11 is 0. The van der Waals surface area contributed by atoms with Gasteiger partial charge in [-0.05, 0) is 108 Å². The predicted molar refractivity (Wildman–Crippen MR) is 236 cm³/mol. The molecule has 0 unspecified atom stereocenters. The Bertz CT molecular complexity index is 2620. The van der Waals surface area contributed by atoms with Crippen LogP contribution in [0, 0.1) is 0 Å². The van der Waals surface area contributed by atoms with Gasteiger partial charge in [0.25, 0.3) is 0 Å². The molecule has 5 heteroatoms. The van der Waals surface area contributed by atoms with Gasteiger partial charge >= 0.3 is 0 Å². The van der Waals surface area contributed by atoms with Crippen LogP contribution in [0.25, 0.3) is 27.6 Å². The Hall–Kier alpha value is -5.81. The summed E-state index contributed by atoms with van der Waals surface area (Å²) in [7, 11) is 0. The zero-order valence-electron chi connectivity index (χ0n) is 34.6. The fourth-order valence-electron chi connectivity index (χ4n) is 8.01. The van der Waals surface area contributed by atoms with Crippen LogP contribution in [0.5, 0.6) is 11.5 Å². The smallest absolute Gasteiger partial charge is 0.137 e. The van der Waals surface area contributed by atoms with Gasteiger partial charge in [-0.15, -0.1) is 0 Å². The van der Waals surface area contributed by atoms with Gasteiger partial charge < -0.3 is 14.5 Å². The number of allylic oxidation sites excluding steroid dienone is 2. The monoisotopic (exact) mass is 738 g/mol. The first-order valence-electron chi connectivity index (χ1n) is 19.8. The second-order valence-electron chi connectivity index (χ2n) is 18.0. The lowest BCUT2D eigenvalue weighted by atomic mass is 9.78. The highest BCUT2D eigenvalue weighted by atomic mass is 16.5. The second-order valence-corrected chi connectivity index (χ2v) is 18.0. The Kier molecular flexibility index (Phi) is 9.11. The van der Waals surface area contributed by atoms with Crippen LogP contribution in [0.3, 0.4) is 0 Å². The molecule has 0 saturated carbocycles. The molecular weight excluding hydrogens is 685 g/mol. The Morgan fingerprint density at radius 1 is 0.500 bits per heavy atom. The minimum absolute atomic E-state index is 0.0163. The van der Waals surface area contributed by atoms with E-state index in [0.717, 1.165) is 40.7 Å². The van der Waals surface area contributed by atoms with E-state index in [1.54, 1.807) is 0 Å². The van der Waals surface area contributed by atoms with E-state index in [4.69, 9.17) is 9.72 Å². The molecule has 3 heterocycles. The van der Waals surface area contributed by atoms with Crippen LogP contribution in [0.15, 0.2) is 145 Å². The van der Waals surface area contributed by atoms with Crippen molar-refractivity contribution in [3.63, 3.8) is 0 Å². The molecule has 0 saturated heterocycles. The molecule has 0 amide bonds. The lowest BCUT2D eigenvalue weighted by molar-refractivity contribution is 0.483. The molecule has 0 N–H and O–H groups in total. The summed E-state index contributed by atoms with van der Waals surface area (Å²) in [6.45, 7) is 23.3. The Balaban J connectivity index is 1.17. The zero-order chi connectivity index (χ0) is 39.6. The second kappa shape index (κ2) is 13.7. The SMILES string of the molecule is CC1=C(C)N(c2cccc(C(C)(C)C)c2)CN1c1cccc(Oc2ccc3c4cc(C(C)(C)c5ccccc5)ccc4n(-c4cc(C(C)(C)C)ccn4)c3c2)c1. The molecule has 2 aromatic heterocycles. The summed E-state index contributed by atoms with van der Waals surface area (Å²) in [5.74, 6) is 2.47. The predicted octanol–water partition coefficient (Wildman–Crippen LogP) is 13.4. The van der Waals surface area contributed by atoms with Crippen LogP contribution in [0.2, 0.25) is 0 Å². The summed E-state index contributed by atoms with van der Waals surface area (Å²) in [5, 5.41) is 2.36. The third-order valence-corrected chi connectivity index (χ3v) is 11.8. The third kappa shape index (κ3) is 6.74.